The van der Waals surface area contributed by atoms with Crippen LogP contribution in [-0.4, -0.2) is 42.1 Å². The molecule has 1 aliphatic rings. The topological polar surface area (TPSA) is 121 Å². The first-order chi connectivity index (χ1) is 17.2. The van der Waals surface area contributed by atoms with Crippen LogP contribution in [0, 0.1) is 0 Å². The Kier molecular flexibility index (Phi) is 7.87. The van der Waals surface area contributed by atoms with Gasteiger partial charge >= 0.3 is 6.18 Å². The van der Waals surface area contributed by atoms with Gasteiger partial charge in [0, 0.05) is 40.3 Å². The summed E-state index contributed by atoms with van der Waals surface area (Å²) in [7, 11) is 0. The highest BCUT2D eigenvalue weighted by Gasteiger charge is 2.32. The number of furan rings is 1. The number of aryl methyl sites for hydroxylation is 1. The molecule has 1 unspecified atom stereocenters. The molecule has 0 aliphatic carbocycles. The van der Waals surface area contributed by atoms with Crippen LogP contribution in [0.5, 0.6) is 0 Å². The van der Waals surface area contributed by atoms with E-state index in [0.29, 0.717) is 35.4 Å². The van der Waals surface area contributed by atoms with Gasteiger partial charge in [-0.05, 0) is 49.7 Å². The minimum Gasteiger partial charge on any atom is -0.766 e. The van der Waals surface area contributed by atoms with E-state index in [1.165, 1.54) is 18.5 Å². The monoisotopic (exact) mass is 517 g/mol. The van der Waals surface area contributed by atoms with Crippen LogP contribution in [-0.2, 0) is 28.5 Å². The SMILES string of the molecule is O=C(CCc1cc(-c2ccc(C(F)(F)F)nc2)ncn1)[C@@H]1CCN1.O=S([O-])c1cc2ccccc2o1. The maximum Gasteiger partial charge on any atom is 0.433 e. The number of nitrogens with one attached hydrogen (secondary N) is 1. The summed E-state index contributed by atoms with van der Waals surface area (Å²) < 4.78 is 63.6. The van der Waals surface area contributed by atoms with Crippen molar-refractivity contribution in [2.45, 2.75) is 36.6 Å². The quantitative estimate of drug-likeness (QED) is 0.380. The van der Waals surface area contributed by atoms with Gasteiger partial charge in [-0.1, -0.05) is 18.2 Å². The fraction of sp³-hybridized carbons (Fsp3) is 0.250. The zero-order chi connectivity index (χ0) is 25.7. The molecule has 1 aromatic carbocycles. The number of carbonyl (C=O) groups excluding carboxylic acids is 1. The van der Waals surface area contributed by atoms with Gasteiger partial charge < -0.3 is 14.3 Å². The zero-order valence-electron chi connectivity index (χ0n) is 18.7. The van der Waals surface area contributed by atoms with E-state index < -0.39 is 23.0 Å². The van der Waals surface area contributed by atoms with Crippen molar-refractivity contribution in [1.29, 1.82) is 0 Å². The largest absolute Gasteiger partial charge is 0.766 e. The van der Waals surface area contributed by atoms with Crippen molar-refractivity contribution in [2.75, 3.05) is 6.54 Å². The van der Waals surface area contributed by atoms with Gasteiger partial charge in [-0.3, -0.25) is 14.0 Å². The van der Waals surface area contributed by atoms with Gasteiger partial charge in [-0.15, -0.1) is 0 Å². The summed E-state index contributed by atoms with van der Waals surface area (Å²) in [5.74, 6) is 0.151. The molecule has 1 fully saturated rings. The lowest BCUT2D eigenvalue weighted by Crippen LogP contribution is -2.48. The fourth-order valence-corrected chi connectivity index (χ4v) is 3.81. The summed E-state index contributed by atoms with van der Waals surface area (Å²) in [6, 6.07) is 12.5. The van der Waals surface area contributed by atoms with Crippen LogP contribution in [0.1, 0.15) is 24.2 Å². The molecule has 188 valence electrons. The van der Waals surface area contributed by atoms with Crippen LogP contribution in [0.25, 0.3) is 22.2 Å². The Hall–Kier alpha value is -3.48. The Morgan fingerprint density at radius 2 is 1.92 bits per heavy atom. The zero-order valence-corrected chi connectivity index (χ0v) is 19.5. The number of alkyl halides is 3. The van der Waals surface area contributed by atoms with Crippen LogP contribution >= 0.6 is 0 Å². The van der Waals surface area contributed by atoms with E-state index >= 15 is 0 Å². The molecule has 5 rings (SSSR count). The molecule has 8 nitrogen and oxygen atoms in total. The molecule has 1 aliphatic heterocycles. The number of hydrogen-bond acceptors (Lipinski definition) is 8. The van der Waals surface area contributed by atoms with Gasteiger partial charge in [0.2, 0.25) is 0 Å². The van der Waals surface area contributed by atoms with Crippen LogP contribution in [0.4, 0.5) is 13.2 Å². The first kappa shape index (κ1) is 25.6. The smallest absolute Gasteiger partial charge is 0.433 e. The maximum absolute atomic E-state index is 12.5. The van der Waals surface area contributed by atoms with Gasteiger partial charge in [0.15, 0.2) is 5.09 Å². The van der Waals surface area contributed by atoms with Crippen molar-refractivity contribution in [3.05, 3.63) is 72.4 Å². The average Bonchev–Trinajstić information content (AvgIpc) is 3.27. The Balaban J connectivity index is 0.000000211. The molecule has 0 spiro atoms. The lowest BCUT2D eigenvalue weighted by atomic mass is 9.98. The van der Waals surface area contributed by atoms with E-state index in [0.717, 1.165) is 30.6 Å². The van der Waals surface area contributed by atoms with Crippen molar-refractivity contribution in [1.82, 2.24) is 20.3 Å². The molecular formula is C24H20F3N4O4S-. The van der Waals surface area contributed by atoms with Gasteiger partial charge in [0.05, 0.1) is 11.7 Å². The highest BCUT2D eigenvalue weighted by molar-refractivity contribution is 7.79. The van der Waals surface area contributed by atoms with Crippen LogP contribution < -0.4 is 5.32 Å². The van der Waals surface area contributed by atoms with Crippen molar-refractivity contribution < 1.29 is 31.1 Å². The van der Waals surface area contributed by atoms with Crippen LogP contribution in [0.3, 0.4) is 0 Å². The predicted octanol–water partition coefficient (Wildman–Crippen LogP) is 4.09. The third-order valence-electron chi connectivity index (χ3n) is 5.48. The molecule has 0 radical (unpaired) electrons. The molecule has 0 saturated carbocycles. The first-order valence-electron chi connectivity index (χ1n) is 10.9. The van der Waals surface area contributed by atoms with E-state index in [1.54, 1.807) is 24.3 Å². The van der Waals surface area contributed by atoms with E-state index in [1.807, 2.05) is 6.07 Å². The number of aromatic nitrogens is 3. The molecule has 4 heterocycles. The van der Waals surface area contributed by atoms with E-state index in [9.17, 15) is 26.7 Å². The Morgan fingerprint density at radius 3 is 2.53 bits per heavy atom. The third kappa shape index (κ3) is 6.39. The summed E-state index contributed by atoms with van der Waals surface area (Å²) in [5, 5.41) is 3.84. The molecule has 3 aromatic heterocycles. The Bertz CT molecular complexity index is 1340. The van der Waals surface area contributed by atoms with Crippen molar-refractivity contribution in [3.8, 4) is 11.3 Å². The second-order valence-electron chi connectivity index (χ2n) is 7.92. The minimum atomic E-state index is -4.47. The summed E-state index contributed by atoms with van der Waals surface area (Å²) in [4.78, 5) is 23.5. The molecule has 1 N–H and O–H groups in total. The first-order valence-corrected chi connectivity index (χ1v) is 12.0. The van der Waals surface area contributed by atoms with Gasteiger partial charge in [0.1, 0.15) is 23.4 Å². The molecule has 36 heavy (non-hydrogen) atoms. The third-order valence-corrected chi connectivity index (χ3v) is 6.01. The number of pyridine rings is 1. The van der Waals surface area contributed by atoms with E-state index in [4.69, 9.17) is 4.42 Å². The maximum atomic E-state index is 12.5. The Labute approximate surface area is 206 Å². The van der Waals surface area contributed by atoms with Gasteiger partial charge in [-0.2, -0.15) is 13.2 Å². The summed E-state index contributed by atoms with van der Waals surface area (Å²) >= 11 is -2.28. The summed E-state index contributed by atoms with van der Waals surface area (Å²) in [5.41, 5.74) is 1.28. The number of halogens is 3. The normalized spacial score (nSPS) is 16.1. The van der Waals surface area contributed by atoms with Crippen LogP contribution in [0.2, 0.25) is 0 Å². The highest BCUT2D eigenvalue weighted by atomic mass is 32.2. The average molecular weight is 518 g/mol. The molecule has 0 amide bonds. The molecule has 1 saturated heterocycles. The summed E-state index contributed by atoms with van der Waals surface area (Å²) in [6.07, 6.45) is -0.275. The minimum absolute atomic E-state index is 0.0174. The molecule has 2 atom stereocenters. The second-order valence-corrected chi connectivity index (χ2v) is 8.80. The van der Waals surface area contributed by atoms with Crippen molar-refractivity contribution >= 4 is 27.8 Å². The van der Waals surface area contributed by atoms with Crippen molar-refractivity contribution in [2.24, 2.45) is 0 Å². The number of rotatable bonds is 6. The lowest BCUT2D eigenvalue weighted by molar-refractivity contribution is -0.141. The van der Waals surface area contributed by atoms with Gasteiger partial charge in [-0.25, -0.2) is 9.97 Å². The summed E-state index contributed by atoms with van der Waals surface area (Å²) in [6.45, 7) is 0.870. The van der Waals surface area contributed by atoms with Crippen LogP contribution in [0.15, 0.2) is 70.6 Å². The number of nitrogens with zero attached hydrogens (tertiary/aromatic N) is 3. The van der Waals surface area contributed by atoms with E-state index in [-0.39, 0.29) is 16.9 Å². The molecular weight excluding hydrogens is 497 g/mol. The fourth-order valence-electron chi connectivity index (χ4n) is 3.43. The number of fused-ring (bicyclic) bond motifs is 1. The Morgan fingerprint density at radius 1 is 1.14 bits per heavy atom. The number of hydrogen-bond donors (Lipinski definition) is 1. The predicted molar refractivity (Wildman–Crippen MR) is 123 cm³/mol. The van der Waals surface area contributed by atoms with E-state index in [2.05, 4.69) is 20.3 Å². The van der Waals surface area contributed by atoms with Crippen molar-refractivity contribution in [3.63, 3.8) is 0 Å². The molecule has 4 aromatic rings. The lowest BCUT2D eigenvalue weighted by Gasteiger charge is -2.25. The number of benzene rings is 1. The number of carbonyl (C=O) groups is 1. The standard InChI is InChI=1S/C16H15F3N4O.C8H6O3S/c17-16(18,19)15-4-1-10(8-21-15)13-7-11(22-9-23-13)2-3-14(24)12-5-6-20-12;9-12(10)8-5-6-3-1-2-4-7(6)11-8/h1,4,7-9,12,20H,2-3,5-6H2;1-5H,(H,9,10)/p-1/t12-;/m0./s1. The number of ketones is 1. The molecule has 12 heteroatoms. The van der Waals surface area contributed by atoms with Gasteiger partial charge in [0.25, 0.3) is 0 Å². The highest BCUT2D eigenvalue weighted by Crippen LogP contribution is 2.28. The second kappa shape index (κ2) is 11.1. The number of Topliss-reactive ketones (excluding diaryl/α,β-unsaturated/α-hetero) is 1. The molecule has 0 bridgehead atoms. The number of para-hydroxylation sites is 1.